The number of nitrogens with zero attached hydrogens (tertiary/aromatic N) is 2. The highest BCUT2D eigenvalue weighted by atomic mass is 19.4. The van der Waals surface area contributed by atoms with E-state index in [-0.39, 0.29) is 24.1 Å². The molecule has 2 aromatic rings. The molecule has 1 atom stereocenters. The summed E-state index contributed by atoms with van der Waals surface area (Å²) in [5, 5.41) is 2.75. The molecule has 0 spiro atoms. The minimum atomic E-state index is -4.76. The number of aromatic nitrogens is 2. The Morgan fingerprint density at radius 3 is 2.75 bits per heavy atom. The molecule has 8 heteroatoms. The van der Waals surface area contributed by atoms with Gasteiger partial charge in [0.2, 0.25) is 5.91 Å². The summed E-state index contributed by atoms with van der Waals surface area (Å²) in [6, 6.07) is 6.68. The lowest BCUT2D eigenvalue weighted by atomic mass is 10.1. The van der Waals surface area contributed by atoms with Crippen molar-refractivity contribution < 1.29 is 22.7 Å². The first-order valence-corrected chi connectivity index (χ1v) is 7.16. The fourth-order valence-electron chi connectivity index (χ4n) is 2.12. The number of carbonyl (C=O) groups excluding carboxylic acids is 1. The van der Waals surface area contributed by atoms with Crippen molar-refractivity contribution in [3.63, 3.8) is 0 Å². The van der Waals surface area contributed by atoms with Crippen LogP contribution in [0.1, 0.15) is 30.0 Å². The molecule has 128 valence electrons. The third kappa shape index (κ3) is 5.53. The number of hydrogen-bond acceptors (Lipinski definition) is 4. The molecule has 0 aliphatic heterocycles. The number of hydrogen-bond donors (Lipinski definition) is 1. The fourth-order valence-corrected chi connectivity index (χ4v) is 2.12. The van der Waals surface area contributed by atoms with E-state index in [1.165, 1.54) is 18.2 Å². The molecule has 1 N–H and O–H groups in total. The smallest absolute Gasteiger partial charge is 0.406 e. The van der Waals surface area contributed by atoms with E-state index in [1.807, 2.05) is 0 Å². The molecule has 1 heterocycles. The van der Waals surface area contributed by atoms with Crippen molar-refractivity contribution in [1.82, 2.24) is 15.3 Å². The van der Waals surface area contributed by atoms with Crippen LogP contribution in [0, 0.1) is 6.92 Å². The molecule has 2 rings (SSSR count). The number of nitrogens with one attached hydrogen (secondary N) is 1. The highest BCUT2D eigenvalue weighted by Crippen LogP contribution is 2.23. The zero-order valence-electron chi connectivity index (χ0n) is 13.1. The number of halogens is 3. The number of rotatable bonds is 5. The zero-order valence-corrected chi connectivity index (χ0v) is 13.1. The largest absolute Gasteiger partial charge is 0.573 e. The number of amides is 1. The SMILES string of the molecule is Cc1nccc(C(C)NC(=O)Cc2cccc(OC(F)(F)F)c2)n1. The van der Waals surface area contributed by atoms with Gasteiger partial charge in [-0.15, -0.1) is 13.2 Å². The lowest BCUT2D eigenvalue weighted by Crippen LogP contribution is -2.28. The summed E-state index contributed by atoms with van der Waals surface area (Å²) in [5.74, 6) is -0.0965. The van der Waals surface area contributed by atoms with Crippen LogP contribution >= 0.6 is 0 Å². The van der Waals surface area contributed by atoms with Crippen molar-refractivity contribution in [2.45, 2.75) is 32.7 Å². The van der Waals surface area contributed by atoms with Gasteiger partial charge < -0.3 is 10.1 Å². The van der Waals surface area contributed by atoms with Gasteiger partial charge in [0.25, 0.3) is 0 Å². The number of carbonyl (C=O) groups is 1. The lowest BCUT2D eigenvalue weighted by Gasteiger charge is -2.14. The lowest BCUT2D eigenvalue weighted by molar-refractivity contribution is -0.274. The second-order valence-corrected chi connectivity index (χ2v) is 5.19. The minimum absolute atomic E-state index is 0.0660. The van der Waals surface area contributed by atoms with Gasteiger partial charge >= 0.3 is 6.36 Å². The second kappa shape index (κ2) is 7.29. The van der Waals surface area contributed by atoms with E-state index < -0.39 is 6.36 Å². The zero-order chi connectivity index (χ0) is 17.7. The van der Waals surface area contributed by atoms with E-state index >= 15 is 0 Å². The van der Waals surface area contributed by atoms with Crippen molar-refractivity contribution in [1.29, 1.82) is 0 Å². The predicted octanol–water partition coefficient (Wildman–Crippen LogP) is 3.10. The van der Waals surface area contributed by atoms with Crippen LogP contribution in [-0.2, 0) is 11.2 Å². The minimum Gasteiger partial charge on any atom is -0.406 e. The molecule has 1 unspecified atom stereocenters. The average Bonchev–Trinajstić information content (AvgIpc) is 2.45. The van der Waals surface area contributed by atoms with Crippen LogP contribution < -0.4 is 10.1 Å². The van der Waals surface area contributed by atoms with Crippen molar-refractivity contribution in [2.24, 2.45) is 0 Å². The van der Waals surface area contributed by atoms with Gasteiger partial charge in [-0.2, -0.15) is 0 Å². The fraction of sp³-hybridized carbons (Fsp3) is 0.312. The van der Waals surface area contributed by atoms with E-state index in [0.717, 1.165) is 0 Å². The van der Waals surface area contributed by atoms with Crippen LogP contribution in [0.25, 0.3) is 0 Å². The topological polar surface area (TPSA) is 64.1 Å². The van der Waals surface area contributed by atoms with Crippen molar-refractivity contribution >= 4 is 5.91 Å². The Morgan fingerprint density at radius 1 is 1.33 bits per heavy atom. The number of ether oxygens (including phenoxy) is 1. The molecular formula is C16H16F3N3O2. The van der Waals surface area contributed by atoms with Crippen LogP contribution in [0.3, 0.4) is 0 Å². The Kier molecular flexibility index (Phi) is 5.38. The van der Waals surface area contributed by atoms with Gasteiger partial charge in [0.15, 0.2) is 0 Å². The third-order valence-electron chi connectivity index (χ3n) is 3.12. The maximum atomic E-state index is 12.2. The van der Waals surface area contributed by atoms with Crippen molar-refractivity contribution in [3.8, 4) is 5.75 Å². The second-order valence-electron chi connectivity index (χ2n) is 5.19. The van der Waals surface area contributed by atoms with Gasteiger partial charge in [-0.25, -0.2) is 9.97 Å². The number of alkyl halides is 3. The van der Waals surface area contributed by atoms with E-state index in [9.17, 15) is 18.0 Å². The first kappa shape index (κ1) is 17.7. The van der Waals surface area contributed by atoms with Crippen LogP contribution in [0.5, 0.6) is 5.75 Å². The van der Waals surface area contributed by atoms with Gasteiger partial charge in [-0.3, -0.25) is 4.79 Å². The normalized spacial score (nSPS) is 12.5. The maximum Gasteiger partial charge on any atom is 0.573 e. The highest BCUT2D eigenvalue weighted by Gasteiger charge is 2.31. The summed E-state index contributed by atoms with van der Waals surface area (Å²) >= 11 is 0. The molecule has 0 fully saturated rings. The molecule has 1 amide bonds. The molecule has 24 heavy (non-hydrogen) atoms. The van der Waals surface area contributed by atoms with Crippen LogP contribution in [0.4, 0.5) is 13.2 Å². The van der Waals surface area contributed by atoms with E-state index in [2.05, 4.69) is 20.0 Å². The van der Waals surface area contributed by atoms with E-state index in [4.69, 9.17) is 0 Å². The van der Waals surface area contributed by atoms with E-state index in [0.29, 0.717) is 17.1 Å². The molecule has 1 aromatic heterocycles. The number of aryl methyl sites for hydroxylation is 1. The first-order valence-electron chi connectivity index (χ1n) is 7.16. The van der Waals surface area contributed by atoms with Crippen LogP contribution in [0.15, 0.2) is 36.5 Å². The predicted molar refractivity (Wildman–Crippen MR) is 80.2 cm³/mol. The maximum absolute atomic E-state index is 12.2. The van der Waals surface area contributed by atoms with Gasteiger partial charge in [0, 0.05) is 6.20 Å². The van der Waals surface area contributed by atoms with Gasteiger partial charge in [0.1, 0.15) is 11.6 Å². The Balaban J connectivity index is 1.98. The Hall–Kier alpha value is -2.64. The van der Waals surface area contributed by atoms with Gasteiger partial charge in [0.05, 0.1) is 18.2 Å². The molecule has 5 nitrogen and oxygen atoms in total. The van der Waals surface area contributed by atoms with E-state index in [1.54, 1.807) is 32.2 Å². The van der Waals surface area contributed by atoms with Crippen LogP contribution in [0.2, 0.25) is 0 Å². The molecule has 1 aromatic carbocycles. The molecule has 0 bridgehead atoms. The monoisotopic (exact) mass is 339 g/mol. The molecule has 0 saturated heterocycles. The quantitative estimate of drug-likeness (QED) is 0.909. The third-order valence-corrected chi connectivity index (χ3v) is 3.12. The molecule has 0 aliphatic rings. The van der Waals surface area contributed by atoms with Crippen molar-refractivity contribution in [2.75, 3.05) is 0 Å². The standard InChI is InChI=1S/C16H16F3N3O2/c1-10(14-6-7-20-11(2)22-14)21-15(23)9-12-4-3-5-13(8-12)24-16(17,18)19/h3-8,10H,9H2,1-2H3,(H,21,23). The molecule has 0 aliphatic carbocycles. The Bertz CT molecular complexity index is 720. The molecule has 0 saturated carbocycles. The van der Waals surface area contributed by atoms with Crippen LogP contribution in [-0.4, -0.2) is 22.2 Å². The summed E-state index contributed by atoms with van der Waals surface area (Å²) in [6.45, 7) is 3.51. The number of benzene rings is 1. The first-order chi connectivity index (χ1) is 11.2. The Labute approximate surface area is 136 Å². The summed E-state index contributed by atoms with van der Waals surface area (Å²) < 4.78 is 40.5. The van der Waals surface area contributed by atoms with Gasteiger partial charge in [-0.1, -0.05) is 12.1 Å². The average molecular weight is 339 g/mol. The summed E-state index contributed by atoms with van der Waals surface area (Å²) in [6.07, 6.45) is -3.23. The van der Waals surface area contributed by atoms with Gasteiger partial charge in [-0.05, 0) is 37.6 Å². The molecular weight excluding hydrogens is 323 g/mol. The summed E-state index contributed by atoms with van der Waals surface area (Å²) in [5.41, 5.74) is 1.07. The molecule has 0 radical (unpaired) electrons. The summed E-state index contributed by atoms with van der Waals surface area (Å²) in [7, 11) is 0. The highest BCUT2D eigenvalue weighted by molar-refractivity contribution is 5.79. The summed E-state index contributed by atoms with van der Waals surface area (Å²) in [4.78, 5) is 20.3. The van der Waals surface area contributed by atoms with Crippen molar-refractivity contribution in [3.05, 3.63) is 53.6 Å². The Morgan fingerprint density at radius 2 is 2.08 bits per heavy atom.